The predicted octanol–water partition coefficient (Wildman–Crippen LogP) is 20.2. The predicted molar refractivity (Wildman–Crippen MR) is 302 cm³/mol. The third-order valence-electron chi connectivity index (χ3n) is 12.9. The molecule has 0 aliphatic rings. The maximum atomic E-state index is 12.9. The first-order valence-corrected chi connectivity index (χ1v) is 29.9. The van der Waals surface area contributed by atoms with E-state index >= 15 is 0 Å². The molecule has 0 rings (SSSR count). The lowest BCUT2D eigenvalue weighted by molar-refractivity contribution is -0.167. The van der Waals surface area contributed by atoms with Crippen LogP contribution >= 0.6 is 0 Å². The highest BCUT2D eigenvalue weighted by atomic mass is 16.6. The minimum atomic E-state index is -0.795. The van der Waals surface area contributed by atoms with Gasteiger partial charge < -0.3 is 14.2 Å². The van der Waals surface area contributed by atoms with Crippen LogP contribution in [0.1, 0.15) is 297 Å². The Morgan fingerprint density at radius 1 is 0.286 bits per heavy atom. The van der Waals surface area contributed by atoms with Crippen LogP contribution in [0.3, 0.4) is 0 Å². The van der Waals surface area contributed by atoms with Crippen molar-refractivity contribution in [1.82, 2.24) is 0 Å². The smallest absolute Gasteiger partial charge is 0.306 e. The summed E-state index contributed by atoms with van der Waals surface area (Å²) in [5, 5.41) is 0. The molecule has 0 aromatic heterocycles. The van der Waals surface area contributed by atoms with Crippen LogP contribution in [0.4, 0.5) is 0 Å². The Labute approximate surface area is 433 Å². The van der Waals surface area contributed by atoms with Crippen LogP contribution in [0, 0.1) is 0 Å². The molecule has 0 aromatic carbocycles. The Hall–Kier alpha value is -3.15. The van der Waals surface area contributed by atoms with E-state index in [4.69, 9.17) is 14.2 Å². The van der Waals surface area contributed by atoms with Crippen molar-refractivity contribution in [2.45, 2.75) is 303 Å². The Bertz CT molecular complexity index is 1310. The lowest BCUT2D eigenvalue weighted by atomic mass is 10.1. The third kappa shape index (κ3) is 55.8. The second kappa shape index (κ2) is 58.4. The van der Waals surface area contributed by atoms with Gasteiger partial charge in [0, 0.05) is 19.3 Å². The minimum Gasteiger partial charge on any atom is -0.462 e. The Morgan fingerprint density at radius 2 is 0.514 bits per heavy atom. The van der Waals surface area contributed by atoms with E-state index in [1.165, 1.54) is 167 Å². The van der Waals surface area contributed by atoms with Gasteiger partial charge in [-0.1, -0.05) is 235 Å². The first-order valence-electron chi connectivity index (χ1n) is 29.9. The molecule has 0 aliphatic carbocycles. The maximum absolute atomic E-state index is 12.9. The standard InChI is InChI=1S/C64H112O6/c1-4-7-10-13-16-19-22-25-28-30-32-34-36-39-42-45-48-51-54-57-63(66)69-60-61(59-68-62(65)56-53-50-47-44-41-38-27-24-21-18-15-12-9-6-3)70-64(67)58-55-52-49-46-43-40-37-35-33-31-29-26-23-20-17-14-11-8-5-2/h16,19,24-25,27-28,31-34,39,42,61H,4-15,17-18,20-23,26,29-30,35-38,40-41,43-60H2,1-3H3/b19-16-,27-24-,28-25-,33-31-,34-32-,42-39-/t61-/m1/s1. The molecule has 6 nitrogen and oxygen atoms in total. The molecule has 0 heterocycles. The highest BCUT2D eigenvalue weighted by Gasteiger charge is 2.19. The molecule has 0 bridgehead atoms. The molecule has 0 unspecified atom stereocenters. The summed E-state index contributed by atoms with van der Waals surface area (Å²) in [6, 6.07) is 0. The van der Waals surface area contributed by atoms with E-state index in [9.17, 15) is 14.4 Å². The molecule has 6 heteroatoms. The van der Waals surface area contributed by atoms with Crippen LogP contribution in [-0.2, 0) is 28.6 Å². The van der Waals surface area contributed by atoms with Gasteiger partial charge in [-0.05, 0) is 116 Å². The fourth-order valence-electron chi connectivity index (χ4n) is 8.36. The maximum Gasteiger partial charge on any atom is 0.306 e. The van der Waals surface area contributed by atoms with Gasteiger partial charge in [0.25, 0.3) is 0 Å². The molecule has 1 atom stereocenters. The van der Waals surface area contributed by atoms with Crippen molar-refractivity contribution in [2.75, 3.05) is 13.2 Å². The van der Waals surface area contributed by atoms with Crippen molar-refractivity contribution < 1.29 is 28.6 Å². The van der Waals surface area contributed by atoms with E-state index in [-0.39, 0.29) is 31.1 Å². The quantitative estimate of drug-likeness (QED) is 0.0261. The molecule has 0 fully saturated rings. The lowest BCUT2D eigenvalue weighted by Gasteiger charge is -2.18. The largest absolute Gasteiger partial charge is 0.462 e. The molecule has 0 saturated carbocycles. The van der Waals surface area contributed by atoms with Crippen LogP contribution in [0.25, 0.3) is 0 Å². The first-order chi connectivity index (χ1) is 34.5. The molecule has 0 aromatic rings. The molecular weight excluding hydrogens is 865 g/mol. The number of allylic oxidation sites excluding steroid dienone is 12. The molecule has 70 heavy (non-hydrogen) atoms. The molecule has 0 radical (unpaired) electrons. The van der Waals surface area contributed by atoms with Crippen LogP contribution in [-0.4, -0.2) is 37.2 Å². The number of rotatable bonds is 54. The zero-order chi connectivity index (χ0) is 50.7. The van der Waals surface area contributed by atoms with Gasteiger partial charge in [-0.2, -0.15) is 0 Å². The van der Waals surface area contributed by atoms with Crippen LogP contribution in [0.5, 0.6) is 0 Å². The zero-order valence-electron chi connectivity index (χ0n) is 46.3. The van der Waals surface area contributed by atoms with Crippen molar-refractivity contribution >= 4 is 17.9 Å². The lowest BCUT2D eigenvalue weighted by Crippen LogP contribution is -2.30. The second-order valence-corrected chi connectivity index (χ2v) is 19.9. The van der Waals surface area contributed by atoms with Gasteiger partial charge in [-0.3, -0.25) is 14.4 Å². The van der Waals surface area contributed by atoms with Crippen molar-refractivity contribution in [3.63, 3.8) is 0 Å². The van der Waals surface area contributed by atoms with Crippen molar-refractivity contribution in [2.24, 2.45) is 0 Å². The monoisotopic (exact) mass is 977 g/mol. The summed E-state index contributed by atoms with van der Waals surface area (Å²) < 4.78 is 16.9. The highest BCUT2D eigenvalue weighted by Crippen LogP contribution is 2.15. The van der Waals surface area contributed by atoms with Crippen LogP contribution in [0.15, 0.2) is 72.9 Å². The molecule has 0 spiro atoms. The number of carbonyl (C=O) groups is 3. The Balaban J connectivity index is 4.44. The second-order valence-electron chi connectivity index (χ2n) is 19.9. The molecule has 0 amide bonds. The Kier molecular flexibility index (Phi) is 55.8. The van der Waals surface area contributed by atoms with Gasteiger partial charge in [-0.15, -0.1) is 0 Å². The summed E-state index contributed by atoms with van der Waals surface area (Å²) in [6.45, 7) is 6.59. The van der Waals surface area contributed by atoms with Crippen molar-refractivity contribution in [1.29, 1.82) is 0 Å². The summed E-state index contributed by atoms with van der Waals surface area (Å²) in [5.41, 5.74) is 0. The van der Waals surface area contributed by atoms with Crippen molar-refractivity contribution in [3.05, 3.63) is 72.9 Å². The Morgan fingerprint density at radius 3 is 0.857 bits per heavy atom. The molecule has 0 N–H and O–H groups in total. The van der Waals surface area contributed by atoms with Crippen molar-refractivity contribution in [3.8, 4) is 0 Å². The van der Waals surface area contributed by atoms with Gasteiger partial charge in [0.1, 0.15) is 13.2 Å². The third-order valence-corrected chi connectivity index (χ3v) is 12.9. The normalized spacial score (nSPS) is 12.6. The van der Waals surface area contributed by atoms with Crippen LogP contribution in [0.2, 0.25) is 0 Å². The van der Waals surface area contributed by atoms with E-state index in [1.54, 1.807) is 0 Å². The van der Waals surface area contributed by atoms with E-state index < -0.39 is 6.10 Å². The number of carbonyl (C=O) groups excluding carboxylic acids is 3. The van der Waals surface area contributed by atoms with Crippen LogP contribution < -0.4 is 0 Å². The van der Waals surface area contributed by atoms with E-state index in [0.717, 1.165) is 89.9 Å². The fourth-order valence-corrected chi connectivity index (χ4v) is 8.36. The summed E-state index contributed by atoms with van der Waals surface area (Å²) in [7, 11) is 0. The SMILES string of the molecule is CCCCC/C=C\C/C=C\C/C=C\C/C=C\CCCCCC(=O)OC[C@@H](COC(=O)CCCCCCC/C=C\CCCCCCC)OC(=O)CCCCCCCCC/C=C\CCCCCCCCCC. The van der Waals surface area contributed by atoms with E-state index in [2.05, 4.69) is 93.7 Å². The fraction of sp³-hybridized carbons (Fsp3) is 0.766. The number of hydrogen-bond acceptors (Lipinski definition) is 6. The summed E-state index contributed by atoms with van der Waals surface area (Å²) in [5.74, 6) is -0.925. The van der Waals surface area contributed by atoms with Gasteiger partial charge in [0.05, 0.1) is 0 Å². The van der Waals surface area contributed by atoms with Gasteiger partial charge in [0.2, 0.25) is 0 Å². The summed E-state index contributed by atoms with van der Waals surface area (Å²) >= 11 is 0. The average Bonchev–Trinajstić information content (AvgIpc) is 3.36. The number of hydrogen-bond donors (Lipinski definition) is 0. The zero-order valence-corrected chi connectivity index (χ0v) is 46.3. The van der Waals surface area contributed by atoms with Gasteiger partial charge >= 0.3 is 17.9 Å². The van der Waals surface area contributed by atoms with Gasteiger partial charge in [0.15, 0.2) is 6.10 Å². The highest BCUT2D eigenvalue weighted by molar-refractivity contribution is 5.71. The number of unbranched alkanes of at least 4 members (excludes halogenated alkanes) is 31. The molecule has 404 valence electrons. The topological polar surface area (TPSA) is 78.9 Å². The number of esters is 3. The first kappa shape index (κ1) is 66.9. The van der Waals surface area contributed by atoms with E-state index in [0.29, 0.717) is 19.3 Å². The van der Waals surface area contributed by atoms with E-state index in [1.807, 2.05) is 0 Å². The molecule has 0 saturated heterocycles. The number of ether oxygens (including phenoxy) is 3. The van der Waals surface area contributed by atoms with Gasteiger partial charge in [-0.25, -0.2) is 0 Å². The minimum absolute atomic E-state index is 0.0910. The summed E-state index contributed by atoms with van der Waals surface area (Å²) in [4.78, 5) is 38.2. The molecule has 0 aliphatic heterocycles. The summed E-state index contributed by atoms with van der Waals surface area (Å²) in [6.07, 6.45) is 74.6. The average molecular weight is 978 g/mol. The molecular formula is C64H112O6.